The van der Waals surface area contributed by atoms with E-state index in [2.05, 4.69) is 23.7 Å². The summed E-state index contributed by atoms with van der Waals surface area (Å²) < 4.78 is 2.21. The second-order valence-electron chi connectivity index (χ2n) is 3.79. The Hall–Kier alpha value is -0.990. The van der Waals surface area contributed by atoms with Crippen LogP contribution in [0.25, 0.3) is 10.9 Å². The topological polar surface area (TPSA) is 30.9 Å². The van der Waals surface area contributed by atoms with Crippen LogP contribution in [-0.2, 0) is 13.5 Å². The SMILES string of the molecule is Cn1c(CCCN)cc2cc(Cl)ccc21. The van der Waals surface area contributed by atoms with Crippen molar-refractivity contribution in [2.75, 3.05) is 6.54 Å². The molecular weight excluding hydrogens is 208 g/mol. The summed E-state index contributed by atoms with van der Waals surface area (Å²) in [6.07, 6.45) is 2.05. The Morgan fingerprint density at radius 1 is 1.33 bits per heavy atom. The lowest BCUT2D eigenvalue weighted by Gasteiger charge is -2.02. The van der Waals surface area contributed by atoms with Crippen LogP contribution in [0.1, 0.15) is 12.1 Å². The minimum atomic E-state index is 0.738. The van der Waals surface area contributed by atoms with E-state index in [9.17, 15) is 0 Å². The molecule has 15 heavy (non-hydrogen) atoms. The number of aromatic nitrogens is 1. The normalized spacial score (nSPS) is 11.1. The molecule has 0 aliphatic carbocycles. The van der Waals surface area contributed by atoms with Gasteiger partial charge in [-0.05, 0) is 43.7 Å². The van der Waals surface area contributed by atoms with E-state index in [1.807, 2.05) is 12.1 Å². The Labute approximate surface area is 94.6 Å². The molecule has 0 bridgehead atoms. The molecule has 1 heterocycles. The van der Waals surface area contributed by atoms with Crippen molar-refractivity contribution in [3.05, 3.63) is 35.0 Å². The van der Waals surface area contributed by atoms with Gasteiger partial charge in [0.25, 0.3) is 0 Å². The summed E-state index contributed by atoms with van der Waals surface area (Å²) in [5.41, 5.74) is 8.06. The number of aryl methyl sites for hydroxylation is 2. The van der Waals surface area contributed by atoms with Gasteiger partial charge < -0.3 is 10.3 Å². The lowest BCUT2D eigenvalue weighted by atomic mass is 10.2. The monoisotopic (exact) mass is 222 g/mol. The van der Waals surface area contributed by atoms with Gasteiger partial charge in [0.15, 0.2) is 0 Å². The van der Waals surface area contributed by atoms with Crippen LogP contribution in [0.15, 0.2) is 24.3 Å². The molecule has 0 saturated heterocycles. The van der Waals surface area contributed by atoms with E-state index < -0.39 is 0 Å². The van der Waals surface area contributed by atoms with Gasteiger partial charge in [0.05, 0.1) is 0 Å². The summed E-state index contributed by atoms with van der Waals surface area (Å²) in [7, 11) is 2.09. The second kappa shape index (κ2) is 4.25. The molecule has 0 fully saturated rings. The van der Waals surface area contributed by atoms with Crippen molar-refractivity contribution >= 4 is 22.5 Å². The molecule has 80 valence electrons. The summed E-state index contributed by atoms with van der Waals surface area (Å²) >= 11 is 5.96. The van der Waals surface area contributed by atoms with Crippen LogP contribution in [0.5, 0.6) is 0 Å². The van der Waals surface area contributed by atoms with Crippen molar-refractivity contribution in [1.29, 1.82) is 0 Å². The molecule has 3 heteroatoms. The van der Waals surface area contributed by atoms with Crippen LogP contribution in [0.2, 0.25) is 5.02 Å². The fourth-order valence-electron chi connectivity index (χ4n) is 1.90. The van der Waals surface area contributed by atoms with Crippen molar-refractivity contribution < 1.29 is 0 Å². The number of nitrogens with zero attached hydrogens (tertiary/aromatic N) is 1. The average molecular weight is 223 g/mol. The standard InChI is InChI=1S/C12H15ClN2/c1-15-11(3-2-6-14)8-9-7-10(13)4-5-12(9)15/h4-5,7-8H,2-3,6,14H2,1H3. The maximum absolute atomic E-state index is 5.96. The predicted octanol–water partition coefficient (Wildman–Crippen LogP) is 2.72. The second-order valence-corrected chi connectivity index (χ2v) is 4.23. The van der Waals surface area contributed by atoms with Crippen LogP contribution >= 0.6 is 11.6 Å². The van der Waals surface area contributed by atoms with E-state index in [1.54, 1.807) is 0 Å². The zero-order chi connectivity index (χ0) is 10.8. The average Bonchev–Trinajstić information content (AvgIpc) is 2.52. The Morgan fingerprint density at radius 3 is 2.87 bits per heavy atom. The Morgan fingerprint density at radius 2 is 2.13 bits per heavy atom. The van der Waals surface area contributed by atoms with Crippen LogP contribution in [0.3, 0.4) is 0 Å². The highest BCUT2D eigenvalue weighted by Crippen LogP contribution is 2.23. The molecular formula is C12H15ClN2. The molecule has 0 unspecified atom stereocenters. The number of nitrogens with two attached hydrogens (primary N) is 1. The van der Waals surface area contributed by atoms with E-state index in [-0.39, 0.29) is 0 Å². The largest absolute Gasteiger partial charge is 0.348 e. The first-order valence-electron chi connectivity index (χ1n) is 5.16. The first-order chi connectivity index (χ1) is 7.22. The van der Waals surface area contributed by atoms with Crippen molar-refractivity contribution in [2.45, 2.75) is 12.8 Å². The first-order valence-corrected chi connectivity index (χ1v) is 5.54. The van der Waals surface area contributed by atoms with Crippen LogP contribution in [-0.4, -0.2) is 11.1 Å². The summed E-state index contributed by atoms with van der Waals surface area (Å²) in [5.74, 6) is 0. The molecule has 2 aromatic rings. The van der Waals surface area contributed by atoms with E-state index in [0.29, 0.717) is 0 Å². The molecule has 0 radical (unpaired) electrons. The molecule has 0 saturated carbocycles. The first kappa shape index (κ1) is 10.5. The maximum Gasteiger partial charge on any atom is 0.0480 e. The van der Waals surface area contributed by atoms with Gasteiger partial charge >= 0.3 is 0 Å². The van der Waals surface area contributed by atoms with Gasteiger partial charge in [0, 0.05) is 28.7 Å². The van der Waals surface area contributed by atoms with Crippen molar-refractivity contribution in [2.24, 2.45) is 12.8 Å². The lowest BCUT2D eigenvalue weighted by molar-refractivity contribution is 0.766. The number of fused-ring (bicyclic) bond motifs is 1. The van der Waals surface area contributed by atoms with Crippen molar-refractivity contribution in [3.8, 4) is 0 Å². The molecule has 1 aromatic heterocycles. The van der Waals surface area contributed by atoms with Gasteiger partial charge in [-0.2, -0.15) is 0 Å². The Kier molecular flexibility index (Phi) is 2.98. The number of hydrogen-bond donors (Lipinski definition) is 1. The fraction of sp³-hybridized carbons (Fsp3) is 0.333. The van der Waals surface area contributed by atoms with E-state index in [1.165, 1.54) is 16.6 Å². The highest BCUT2D eigenvalue weighted by atomic mass is 35.5. The highest BCUT2D eigenvalue weighted by Gasteiger charge is 2.05. The fourth-order valence-corrected chi connectivity index (χ4v) is 2.08. The number of hydrogen-bond acceptors (Lipinski definition) is 1. The molecule has 0 spiro atoms. The van der Waals surface area contributed by atoms with Gasteiger partial charge in [-0.3, -0.25) is 0 Å². The molecule has 1 aromatic carbocycles. The van der Waals surface area contributed by atoms with Gasteiger partial charge in [-0.25, -0.2) is 0 Å². The van der Waals surface area contributed by atoms with E-state index in [0.717, 1.165) is 24.4 Å². The highest BCUT2D eigenvalue weighted by molar-refractivity contribution is 6.31. The van der Waals surface area contributed by atoms with Gasteiger partial charge in [0.2, 0.25) is 0 Å². The lowest BCUT2D eigenvalue weighted by Crippen LogP contribution is -2.03. The van der Waals surface area contributed by atoms with Gasteiger partial charge in [-0.1, -0.05) is 11.6 Å². The molecule has 0 aliphatic heterocycles. The zero-order valence-electron chi connectivity index (χ0n) is 8.83. The third-order valence-electron chi connectivity index (χ3n) is 2.74. The molecule has 2 rings (SSSR count). The van der Waals surface area contributed by atoms with E-state index in [4.69, 9.17) is 17.3 Å². The molecule has 2 nitrogen and oxygen atoms in total. The number of benzene rings is 1. The summed E-state index contributed by atoms with van der Waals surface area (Å²) in [5, 5.41) is 2.00. The van der Waals surface area contributed by atoms with E-state index >= 15 is 0 Å². The maximum atomic E-state index is 5.96. The minimum absolute atomic E-state index is 0.738. The quantitative estimate of drug-likeness (QED) is 0.851. The Bertz CT molecular complexity index is 474. The Balaban J connectivity index is 2.44. The third-order valence-corrected chi connectivity index (χ3v) is 2.98. The van der Waals surface area contributed by atoms with Gasteiger partial charge in [0.1, 0.15) is 0 Å². The van der Waals surface area contributed by atoms with Crippen LogP contribution in [0.4, 0.5) is 0 Å². The summed E-state index contributed by atoms with van der Waals surface area (Å²) in [6.45, 7) is 0.738. The molecule has 0 aliphatic rings. The molecule has 0 atom stereocenters. The summed E-state index contributed by atoms with van der Waals surface area (Å²) in [6, 6.07) is 8.18. The zero-order valence-corrected chi connectivity index (χ0v) is 9.59. The number of halogens is 1. The predicted molar refractivity (Wildman–Crippen MR) is 65.3 cm³/mol. The molecule has 0 amide bonds. The number of rotatable bonds is 3. The minimum Gasteiger partial charge on any atom is -0.348 e. The summed E-state index contributed by atoms with van der Waals surface area (Å²) in [4.78, 5) is 0. The van der Waals surface area contributed by atoms with Crippen molar-refractivity contribution in [1.82, 2.24) is 4.57 Å². The van der Waals surface area contributed by atoms with Crippen molar-refractivity contribution in [3.63, 3.8) is 0 Å². The van der Waals surface area contributed by atoms with Crippen LogP contribution < -0.4 is 5.73 Å². The smallest absolute Gasteiger partial charge is 0.0480 e. The third kappa shape index (κ3) is 2.01. The molecule has 2 N–H and O–H groups in total. The van der Waals surface area contributed by atoms with Crippen LogP contribution in [0, 0.1) is 0 Å². The van der Waals surface area contributed by atoms with Gasteiger partial charge in [-0.15, -0.1) is 0 Å².